The van der Waals surface area contributed by atoms with Crippen LogP contribution in [0.4, 0.5) is 11.4 Å². The third kappa shape index (κ3) is 4.81. The Bertz CT molecular complexity index is 981. The van der Waals surface area contributed by atoms with Crippen LogP contribution in [0.25, 0.3) is 0 Å². The summed E-state index contributed by atoms with van der Waals surface area (Å²) in [6.45, 7) is 1.88. The van der Waals surface area contributed by atoms with Gasteiger partial charge in [0.25, 0.3) is 0 Å². The van der Waals surface area contributed by atoms with Crippen LogP contribution in [0.1, 0.15) is 12.0 Å². The van der Waals surface area contributed by atoms with Gasteiger partial charge in [-0.2, -0.15) is 0 Å². The molecule has 1 fully saturated rings. The molecule has 1 atom stereocenters. The first-order chi connectivity index (χ1) is 13.2. The standard InChI is InChI=1S/C19H16Cl3N3O2S/c1-10-3-4-11(7-14(10)21)23-18(27)16-9-17(26)25(2)19(28-16)24-12-5-6-13(20)15(22)8-12/h3-8,16H,9H2,1-2H3,(H,23,27). The average Bonchev–Trinajstić information content (AvgIpc) is 2.65. The summed E-state index contributed by atoms with van der Waals surface area (Å²) in [5.41, 5.74) is 2.04. The molecule has 1 unspecified atom stereocenters. The van der Waals surface area contributed by atoms with Crippen molar-refractivity contribution in [3.05, 3.63) is 57.0 Å². The third-order valence-corrected chi connectivity index (χ3v) is 6.52. The number of amides is 2. The van der Waals surface area contributed by atoms with E-state index in [1.54, 1.807) is 37.4 Å². The second kappa shape index (κ2) is 8.74. The van der Waals surface area contributed by atoms with Crippen LogP contribution in [0.5, 0.6) is 0 Å². The van der Waals surface area contributed by atoms with Crippen LogP contribution in [0, 0.1) is 6.92 Å². The van der Waals surface area contributed by atoms with Crippen molar-refractivity contribution < 1.29 is 9.59 Å². The second-order valence-electron chi connectivity index (χ2n) is 6.21. The number of halogens is 3. The number of benzene rings is 2. The quantitative estimate of drug-likeness (QED) is 0.659. The lowest BCUT2D eigenvalue weighted by Crippen LogP contribution is -2.43. The molecule has 0 spiro atoms. The van der Waals surface area contributed by atoms with Crippen LogP contribution < -0.4 is 5.32 Å². The van der Waals surface area contributed by atoms with Crippen molar-refractivity contribution in [1.82, 2.24) is 4.90 Å². The normalized spacial score (nSPS) is 18.5. The molecule has 0 aromatic heterocycles. The van der Waals surface area contributed by atoms with E-state index in [0.29, 0.717) is 31.6 Å². The first-order valence-corrected chi connectivity index (χ1v) is 10.3. The molecule has 1 aliphatic heterocycles. The average molecular weight is 457 g/mol. The molecule has 0 bridgehead atoms. The Labute approximate surface area is 182 Å². The van der Waals surface area contributed by atoms with Crippen LogP contribution >= 0.6 is 46.6 Å². The number of carbonyl (C=O) groups excluding carboxylic acids is 2. The number of hydrogen-bond donors (Lipinski definition) is 1. The summed E-state index contributed by atoms with van der Waals surface area (Å²) >= 11 is 19.3. The van der Waals surface area contributed by atoms with Crippen LogP contribution in [-0.2, 0) is 9.59 Å². The van der Waals surface area contributed by atoms with E-state index in [4.69, 9.17) is 34.8 Å². The minimum absolute atomic E-state index is 0.0764. The molecular formula is C19H16Cl3N3O2S. The number of rotatable bonds is 3. The zero-order valence-corrected chi connectivity index (χ0v) is 18.1. The van der Waals surface area contributed by atoms with Gasteiger partial charge in [-0.1, -0.05) is 52.6 Å². The number of hydrogen-bond acceptors (Lipinski definition) is 4. The maximum atomic E-state index is 12.7. The molecule has 0 saturated carbocycles. The summed E-state index contributed by atoms with van der Waals surface area (Å²) in [6.07, 6.45) is 0.0764. The number of thioether (sulfide) groups is 1. The molecule has 0 radical (unpaired) electrons. The van der Waals surface area contributed by atoms with Gasteiger partial charge in [0, 0.05) is 24.2 Å². The van der Waals surface area contributed by atoms with Crippen LogP contribution in [0.2, 0.25) is 15.1 Å². The van der Waals surface area contributed by atoms with Crippen molar-refractivity contribution in [1.29, 1.82) is 0 Å². The number of nitrogens with one attached hydrogen (secondary N) is 1. The summed E-state index contributed by atoms with van der Waals surface area (Å²) < 4.78 is 0. The number of nitrogens with zero attached hydrogens (tertiary/aromatic N) is 2. The maximum Gasteiger partial charge on any atom is 0.238 e. The van der Waals surface area contributed by atoms with E-state index in [0.717, 1.165) is 5.56 Å². The fourth-order valence-corrected chi connectivity index (χ4v) is 3.99. The fourth-order valence-electron chi connectivity index (χ4n) is 2.46. The van der Waals surface area contributed by atoms with Crippen molar-refractivity contribution >= 4 is 74.9 Å². The molecular weight excluding hydrogens is 441 g/mol. The van der Waals surface area contributed by atoms with E-state index in [9.17, 15) is 9.59 Å². The second-order valence-corrected chi connectivity index (χ2v) is 8.60. The van der Waals surface area contributed by atoms with E-state index >= 15 is 0 Å². The van der Waals surface area contributed by atoms with Gasteiger partial charge in [0.1, 0.15) is 5.25 Å². The third-order valence-electron chi connectivity index (χ3n) is 4.13. The molecule has 0 aliphatic carbocycles. The Morgan fingerprint density at radius 3 is 2.57 bits per heavy atom. The highest BCUT2D eigenvalue weighted by atomic mass is 35.5. The number of aliphatic imine (C=N–C) groups is 1. The lowest BCUT2D eigenvalue weighted by molar-refractivity contribution is -0.128. The number of anilines is 1. The number of aryl methyl sites for hydroxylation is 1. The zero-order chi connectivity index (χ0) is 20.4. The SMILES string of the molecule is Cc1ccc(NC(=O)C2CC(=O)N(C)C(=Nc3ccc(Cl)c(Cl)c3)S2)cc1Cl. The largest absolute Gasteiger partial charge is 0.325 e. The molecule has 146 valence electrons. The van der Waals surface area contributed by atoms with Gasteiger partial charge in [-0.3, -0.25) is 14.5 Å². The fraction of sp³-hybridized carbons (Fsp3) is 0.211. The van der Waals surface area contributed by atoms with Crippen molar-refractivity contribution in [2.45, 2.75) is 18.6 Å². The summed E-state index contributed by atoms with van der Waals surface area (Å²) in [5.74, 6) is -0.479. The monoisotopic (exact) mass is 455 g/mol. The Morgan fingerprint density at radius 2 is 1.89 bits per heavy atom. The van der Waals surface area contributed by atoms with E-state index in [2.05, 4.69) is 10.3 Å². The van der Waals surface area contributed by atoms with Crippen molar-refractivity contribution in [3.63, 3.8) is 0 Å². The van der Waals surface area contributed by atoms with Gasteiger partial charge in [-0.15, -0.1) is 0 Å². The Hall–Kier alpha value is -1.73. The molecule has 9 heteroatoms. The van der Waals surface area contributed by atoms with Gasteiger partial charge in [0.2, 0.25) is 11.8 Å². The molecule has 2 aromatic rings. The van der Waals surface area contributed by atoms with Crippen LogP contribution in [0.3, 0.4) is 0 Å². The highest BCUT2D eigenvalue weighted by molar-refractivity contribution is 8.15. The van der Waals surface area contributed by atoms with Gasteiger partial charge in [0.05, 0.1) is 15.7 Å². The van der Waals surface area contributed by atoms with E-state index in [-0.39, 0.29) is 18.2 Å². The molecule has 5 nitrogen and oxygen atoms in total. The van der Waals surface area contributed by atoms with Gasteiger partial charge in [-0.25, -0.2) is 4.99 Å². The van der Waals surface area contributed by atoms with E-state index in [1.807, 2.05) is 13.0 Å². The first kappa shape index (κ1) is 21.0. The highest BCUT2D eigenvalue weighted by Crippen LogP contribution is 2.31. The first-order valence-electron chi connectivity index (χ1n) is 8.28. The lowest BCUT2D eigenvalue weighted by Gasteiger charge is -2.28. The molecule has 1 aliphatic rings. The molecule has 1 heterocycles. The molecule has 1 saturated heterocycles. The smallest absolute Gasteiger partial charge is 0.238 e. The zero-order valence-electron chi connectivity index (χ0n) is 15.0. The van der Waals surface area contributed by atoms with Gasteiger partial charge >= 0.3 is 0 Å². The van der Waals surface area contributed by atoms with E-state index < -0.39 is 5.25 Å². The molecule has 1 N–H and O–H groups in total. The predicted molar refractivity (Wildman–Crippen MR) is 117 cm³/mol. The van der Waals surface area contributed by atoms with Crippen LogP contribution in [-0.4, -0.2) is 34.2 Å². The predicted octanol–water partition coefficient (Wildman–Crippen LogP) is 5.55. The minimum atomic E-state index is -0.606. The maximum absolute atomic E-state index is 12.7. The van der Waals surface area contributed by atoms with Crippen molar-refractivity contribution in [3.8, 4) is 0 Å². The molecule has 2 amide bonds. The molecule has 28 heavy (non-hydrogen) atoms. The topological polar surface area (TPSA) is 61.8 Å². The molecule has 2 aromatic carbocycles. The minimum Gasteiger partial charge on any atom is -0.325 e. The van der Waals surface area contributed by atoms with Gasteiger partial charge in [0.15, 0.2) is 5.17 Å². The summed E-state index contributed by atoms with van der Waals surface area (Å²) in [5, 5.41) is 3.96. The lowest BCUT2D eigenvalue weighted by atomic mass is 10.2. The summed E-state index contributed by atoms with van der Waals surface area (Å²) in [4.78, 5) is 30.9. The number of amidine groups is 1. The molecule has 3 rings (SSSR count). The summed E-state index contributed by atoms with van der Waals surface area (Å²) in [6, 6.07) is 10.2. The Morgan fingerprint density at radius 1 is 1.14 bits per heavy atom. The van der Waals surface area contributed by atoms with Gasteiger partial charge in [-0.05, 0) is 42.8 Å². The Kier molecular flexibility index (Phi) is 6.55. The van der Waals surface area contributed by atoms with Crippen molar-refractivity contribution in [2.75, 3.05) is 12.4 Å². The van der Waals surface area contributed by atoms with Crippen molar-refractivity contribution in [2.24, 2.45) is 4.99 Å². The summed E-state index contributed by atoms with van der Waals surface area (Å²) in [7, 11) is 1.62. The van der Waals surface area contributed by atoms with E-state index in [1.165, 1.54) is 16.7 Å². The van der Waals surface area contributed by atoms with Crippen LogP contribution in [0.15, 0.2) is 41.4 Å². The Balaban J connectivity index is 1.79. The highest BCUT2D eigenvalue weighted by Gasteiger charge is 2.34. The number of carbonyl (C=O) groups is 2. The van der Waals surface area contributed by atoms with Gasteiger partial charge < -0.3 is 5.32 Å².